The number of benzene rings is 2. The molecule has 21 heavy (non-hydrogen) atoms. The number of nitrogens with zero attached hydrogens (tertiary/aromatic N) is 1. The summed E-state index contributed by atoms with van der Waals surface area (Å²) in [5.41, 5.74) is 2.26. The number of hydrogen-bond acceptors (Lipinski definition) is 4. The minimum absolute atomic E-state index is 0.0898. The molecule has 2 aromatic rings. The molecule has 0 aliphatic carbocycles. The van der Waals surface area contributed by atoms with Crippen molar-refractivity contribution in [3.8, 4) is 0 Å². The Morgan fingerprint density at radius 1 is 1.29 bits per heavy atom. The molecule has 0 saturated heterocycles. The minimum Gasteiger partial charge on any atom is -0.377 e. The highest BCUT2D eigenvalue weighted by atomic mass is 79.9. The molecule has 0 fully saturated rings. The van der Waals surface area contributed by atoms with Crippen molar-refractivity contribution in [3.63, 3.8) is 0 Å². The SMILES string of the molecule is O=[N+]([O-])c1ccc(NC2CCSc3ccccc32)c(Br)c1. The van der Waals surface area contributed by atoms with Gasteiger partial charge in [0, 0.05) is 32.9 Å². The molecule has 0 bridgehead atoms. The van der Waals surface area contributed by atoms with Crippen LogP contribution in [0.15, 0.2) is 51.8 Å². The van der Waals surface area contributed by atoms with Gasteiger partial charge in [0.25, 0.3) is 5.69 Å². The van der Waals surface area contributed by atoms with Gasteiger partial charge in [-0.05, 0) is 40.0 Å². The van der Waals surface area contributed by atoms with Gasteiger partial charge in [-0.1, -0.05) is 18.2 Å². The first kappa shape index (κ1) is 14.4. The van der Waals surface area contributed by atoms with E-state index in [1.165, 1.54) is 22.6 Å². The first-order valence-electron chi connectivity index (χ1n) is 6.57. The van der Waals surface area contributed by atoms with Gasteiger partial charge in [0.2, 0.25) is 0 Å². The summed E-state index contributed by atoms with van der Waals surface area (Å²) >= 11 is 5.28. The van der Waals surface area contributed by atoms with E-state index in [9.17, 15) is 10.1 Å². The Morgan fingerprint density at radius 3 is 2.86 bits per heavy atom. The Morgan fingerprint density at radius 2 is 2.10 bits per heavy atom. The minimum atomic E-state index is -0.388. The van der Waals surface area contributed by atoms with Crippen molar-refractivity contribution in [1.82, 2.24) is 0 Å². The normalized spacial score (nSPS) is 17.1. The molecule has 4 nitrogen and oxygen atoms in total. The average molecular weight is 365 g/mol. The number of halogens is 1. The maximum absolute atomic E-state index is 10.8. The van der Waals surface area contributed by atoms with Crippen molar-refractivity contribution in [2.75, 3.05) is 11.1 Å². The zero-order valence-corrected chi connectivity index (χ0v) is 13.5. The molecule has 1 aliphatic rings. The summed E-state index contributed by atoms with van der Waals surface area (Å²) < 4.78 is 0.715. The van der Waals surface area contributed by atoms with E-state index in [-0.39, 0.29) is 16.7 Å². The summed E-state index contributed by atoms with van der Waals surface area (Å²) in [5, 5.41) is 14.3. The Hall–Kier alpha value is -1.53. The van der Waals surface area contributed by atoms with Gasteiger partial charge in [-0.15, -0.1) is 11.8 Å². The highest BCUT2D eigenvalue weighted by Gasteiger charge is 2.21. The quantitative estimate of drug-likeness (QED) is 0.614. The van der Waals surface area contributed by atoms with Gasteiger partial charge in [0.1, 0.15) is 0 Å². The first-order chi connectivity index (χ1) is 10.1. The summed E-state index contributed by atoms with van der Waals surface area (Å²) in [6.07, 6.45) is 1.03. The zero-order chi connectivity index (χ0) is 14.8. The molecule has 0 aromatic heterocycles. The Bertz CT molecular complexity index is 693. The number of thioether (sulfide) groups is 1. The third kappa shape index (κ3) is 3.06. The van der Waals surface area contributed by atoms with Crippen LogP contribution in [0.1, 0.15) is 18.0 Å². The van der Waals surface area contributed by atoms with Crippen molar-refractivity contribution >= 4 is 39.1 Å². The molecular weight excluding hydrogens is 352 g/mol. The largest absolute Gasteiger partial charge is 0.377 e. The van der Waals surface area contributed by atoms with Crippen LogP contribution in [0.4, 0.5) is 11.4 Å². The number of non-ortho nitro benzene ring substituents is 1. The lowest BCUT2D eigenvalue weighted by Crippen LogP contribution is -2.16. The molecule has 1 N–H and O–H groups in total. The van der Waals surface area contributed by atoms with Crippen molar-refractivity contribution < 1.29 is 4.92 Å². The lowest BCUT2D eigenvalue weighted by Gasteiger charge is -2.27. The van der Waals surface area contributed by atoms with Crippen molar-refractivity contribution in [1.29, 1.82) is 0 Å². The molecule has 0 amide bonds. The number of fused-ring (bicyclic) bond motifs is 1. The second-order valence-electron chi connectivity index (χ2n) is 4.79. The standard InChI is InChI=1S/C15H13BrN2O2S/c16-12-9-10(18(19)20)5-6-14(12)17-13-7-8-21-15-4-2-1-3-11(13)15/h1-6,9,13,17H,7-8H2. The second kappa shape index (κ2) is 6.07. The Balaban J connectivity index is 1.86. The molecular formula is C15H13BrN2O2S. The van der Waals surface area contributed by atoms with Crippen LogP contribution in [-0.2, 0) is 0 Å². The van der Waals surface area contributed by atoms with Crippen LogP contribution in [0.2, 0.25) is 0 Å². The van der Waals surface area contributed by atoms with E-state index in [1.807, 2.05) is 17.8 Å². The number of nitrogens with one attached hydrogen (secondary N) is 1. The zero-order valence-electron chi connectivity index (χ0n) is 11.1. The number of nitro groups is 1. The van der Waals surface area contributed by atoms with Gasteiger partial charge in [0.15, 0.2) is 0 Å². The van der Waals surface area contributed by atoms with Crippen LogP contribution in [0.5, 0.6) is 0 Å². The fourth-order valence-electron chi connectivity index (χ4n) is 2.41. The summed E-state index contributed by atoms with van der Waals surface area (Å²) in [4.78, 5) is 11.7. The van der Waals surface area contributed by atoms with Gasteiger partial charge in [-0.25, -0.2) is 0 Å². The fraction of sp³-hybridized carbons (Fsp3) is 0.200. The highest BCUT2D eigenvalue weighted by Crippen LogP contribution is 2.39. The topological polar surface area (TPSA) is 55.2 Å². The molecule has 6 heteroatoms. The van der Waals surface area contributed by atoms with E-state index in [0.717, 1.165) is 17.9 Å². The predicted octanol–water partition coefficient (Wildman–Crippen LogP) is 5.01. The molecule has 1 aliphatic heterocycles. The summed E-state index contributed by atoms with van der Waals surface area (Å²) in [5.74, 6) is 1.07. The molecule has 3 rings (SSSR count). The van der Waals surface area contributed by atoms with E-state index in [2.05, 4.69) is 39.4 Å². The van der Waals surface area contributed by atoms with E-state index < -0.39 is 0 Å². The van der Waals surface area contributed by atoms with Crippen LogP contribution in [0.25, 0.3) is 0 Å². The smallest absolute Gasteiger partial charge is 0.270 e. The maximum Gasteiger partial charge on any atom is 0.270 e. The van der Waals surface area contributed by atoms with Crippen molar-refractivity contribution in [2.45, 2.75) is 17.4 Å². The predicted molar refractivity (Wildman–Crippen MR) is 88.9 cm³/mol. The first-order valence-corrected chi connectivity index (χ1v) is 8.35. The Kier molecular flexibility index (Phi) is 4.17. The van der Waals surface area contributed by atoms with Crippen molar-refractivity contribution in [2.24, 2.45) is 0 Å². The van der Waals surface area contributed by atoms with Crippen LogP contribution < -0.4 is 5.32 Å². The van der Waals surface area contributed by atoms with Crippen molar-refractivity contribution in [3.05, 3.63) is 62.6 Å². The molecule has 0 radical (unpaired) electrons. The molecule has 108 valence electrons. The molecule has 1 unspecified atom stereocenters. The van der Waals surface area contributed by atoms with Crippen LogP contribution >= 0.6 is 27.7 Å². The van der Waals surface area contributed by atoms with Crippen LogP contribution in [0.3, 0.4) is 0 Å². The van der Waals surface area contributed by atoms with Gasteiger partial charge >= 0.3 is 0 Å². The van der Waals surface area contributed by atoms with Gasteiger partial charge < -0.3 is 5.32 Å². The monoisotopic (exact) mass is 364 g/mol. The summed E-state index contributed by atoms with van der Waals surface area (Å²) in [6, 6.07) is 13.4. The molecule has 2 aromatic carbocycles. The van der Waals surface area contributed by atoms with Gasteiger partial charge in [0.05, 0.1) is 11.0 Å². The fourth-order valence-corrected chi connectivity index (χ4v) is 4.02. The molecule has 0 spiro atoms. The number of hydrogen-bond donors (Lipinski definition) is 1. The number of nitro benzene ring substituents is 1. The van der Waals surface area contributed by atoms with E-state index >= 15 is 0 Å². The molecule has 1 atom stereocenters. The van der Waals surface area contributed by atoms with Gasteiger partial charge in [-0.3, -0.25) is 10.1 Å². The summed E-state index contributed by atoms with van der Waals surface area (Å²) in [6.45, 7) is 0. The lowest BCUT2D eigenvalue weighted by atomic mass is 10.0. The van der Waals surface area contributed by atoms with Gasteiger partial charge in [-0.2, -0.15) is 0 Å². The van der Waals surface area contributed by atoms with Crippen LogP contribution in [0, 0.1) is 10.1 Å². The lowest BCUT2D eigenvalue weighted by molar-refractivity contribution is -0.384. The molecule has 0 saturated carbocycles. The van der Waals surface area contributed by atoms with E-state index in [1.54, 1.807) is 6.07 Å². The Labute approximate surface area is 135 Å². The third-order valence-corrected chi connectivity index (χ3v) is 5.23. The summed E-state index contributed by atoms with van der Waals surface area (Å²) in [7, 11) is 0. The molecule has 1 heterocycles. The number of rotatable bonds is 3. The third-order valence-electron chi connectivity index (χ3n) is 3.45. The van der Waals surface area contributed by atoms with E-state index in [4.69, 9.17) is 0 Å². The highest BCUT2D eigenvalue weighted by molar-refractivity contribution is 9.10. The number of anilines is 1. The van der Waals surface area contributed by atoms with E-state index in [0.29, 0.717) is 4.47 Å². The second-order valence-corrected chi connectivity index (χ2v) is 6.78. The maximum atomic E-state index is 10.8. The average Bonchev–Trinajstić information content (AvgIpc) is 2.49. The van der Waals surface area contributed by atoms with Crippen LogP contribution in [-0.4, -0.2) is 10.7 Å².